The van der Waals surface area contributed by atoms with E-state index in [4.69, 9.17) is 0 Å². The molecule has 0 aliphatic heterocycles. The Morgan fingerprint density at radius 2 is 2.10 bits per heavy atom. The highest BCUT2D eigenvalue weighted by Gasteiger charge is 2.03. The van der Waals surface area contributed by atoms with E-state index in [1.54, 1.807) is 6.20 Å². The molecule has 5 heteroatoms. The van der Waals surface area contributed by atoms with Crippen LogP contribution in [0.4, 0.5) is 17.5 Å². The number of halogens is 1. The standard InChI is InChI=1S/C15H19BrN4/c1-3-4-8-17-14-7-9-18-15(20-14)19-13-6-5-12(16)10-11(13)2/h5-7,9-10H,3-4,8H2,1-2H3,(H2,17,18,19,20). The van der Waals surface area contributed by atoms with E-state index in [0.717, 1.165) is 34.5 Å². The van der Waals surface area contributed by atoms with Crippen molar-refractivity contribution in [3.8, 4) is 0 Å². The average Bonchev–Trinajstić information content (AvgIpc) is 2.43. The molecule has 0 bridgehead atoms. The Labute approximate surface area is 128 Å². The summed E-state index contributed by atoms with van der Waals surface area (Å²) in [5.41, 5.74) is 2.16. The quantitative estimate of drug-likeness (QED) is 0.763. The molecule has 0 spiro atoms. The largest absolute Gasteiger partial charge is 0.370 e. The number of anilines is 3. The normalized spacial score (nSPS) is 10.3. The number of hydrogen-bond donors (Lipinski definition) is 2. The summed E-state index contributed by atoms with van der Waals surface area (Å²) in [7, 11) is 0. The predicted octanol–water partition coefficient (Wildman–Crippen LogP) is 4.50. The third-order valence-corrected chi connectivity index (χ3v) is 3.42. The van der Waals surface area contributed by atoms with Crippen LogP contribution in [0.1, 0.15) is 25.3 Å². The minimum atomic E-state index is 0.608. The number of unbranched alkanes of at least 4 members (excludes halogenated alkanes) is 1. The van der Waals surface area contributed by atoms with E-state index < -0.39 is 0 Å². The van der Waals surface area contributed by atoms with E-state index in [-0.39, 0.29) is 0 Å². The topological polar surface area (TPSA) is 49.8 Å². The molecule has 0 aliphatic carbocycles. The summed E-state index contributed by atoms with van der Waals surface area (Å²) in [5.74, 6) is 1.46. The highest BCUT2D eigenvalue weighted by Crippen LogP contribution is 2.22. The molecule has 2 N–H and O–H groups in total. The number of benzene rings is 1. The number of nitrogens with one attached hydrogen (secondary N) is 2. The van der Waals surface area contributed by atoms with Gasteiger partial charge in [0.05, 0.1) is 0 Å². The molecule has 0 fully saturated rings. The summed E-state index contributed by atoms with van der Waals surface area (Å²) < 4.78 is 1.07. The molecule has 1 aromatic carbocycles. The Morgan fingerprint density at radius 1 is 1.25 bits per heavy atom. The summed E-state index contributed by atoms with van der Waals surface area (Å²) in [6.45, 7) is 5.16. The first kappa shape index (κ1) is 14.8. The SMILES string of the molecule is CCCCNc1ccnc(Nc2ccc(Br)cc2C)n1. The van der Waals surface area contributed by atoms with Crippen molar-refractivity contribution >= 4 is 33.4 Å². The van der Waals surface area contributed by atoms with Crippen LogP contribution in [0, 0.1) is 6.92 Å². The van der Waals surface area contributed by atoms with E-state index in [0.29, 0.717) is 5.95 Å². The Bertz CT molecular complexity index is 572. The number of aromatic nitrogens is 2. The second kappa shape index (κ2) is 7.24. The smallest absolute Gasteiger partial charge is 0.229 e. The number of hydrogen-bond acceptors (Lipinski definition) is 4. The zero-order chi connectivity index (χ0) is 14.4. The van der Waals surface area contributed by atoms with Crippen molar-refractivity contribution in [2.24, 2.45) is 0 Å². The fourth-order valence-electron chi connectivity index (χ4n) is 1.80. The van der Waals surface area contributed by atoms with Gasteiger partial charge < -0.3 is 10.6 Å². The molecule has 1 aromatic heterocycles. The van der Waals surface area contributed by atoms with Gasteiger partial charge in [-0.1, -0.05) is 29.3 Å². The zero-order valence-electron chi connectivity index (χ0n) is 11.8. The van der Waals surface area contributed by atoms with Crippen molar-refractivity contribution in [1.29, 1.82) is 0 Å². The van der Waals surface area contributed by atoms with Crippen molar-refractivity contribution in [1.82, 2.24) is 9.97 Å². The van der Waals surface area contributed by atoms with Gasteiger partial charge in [-0.15, -0.1) is 0 Å². The van der Waals surface area contributed by atoms with Crippen molar-refractivity contribution in [3.63, 3.8) is 0 Å². The first-order valence-corrected chi connectivity index (χ1v) is 7.58. The minimum absolute atomic E-state index is 0.608. The summed E-state index contributed by atoms with van der Waals surface area (Å²) >= 11 is 3.46. The molecular weight excluding hydrogens is 316 g/mol. The average molecular weight is 335 g/mol. The maximum atomic E-state index is 4.46. The van der Waals surface area contributed by atoms with Gasteiger partial charge in [0.2, 0.25) is 5.95 Å². The van der Waals surface area contributed by atoms with Crippen molar-refractivity contribution in [2.45, 2.75) is 26.7 Å². The maximum absolute atomic E-state index is 4.46. The van der Waals surface area contributed by atoms with Gasteiger partial charge in [-0.25, -0.2) is 4.98 Å². The molecule has 1 heterocycles. The molecule has 2 aromatic rings. The first-order chi connectivity index (χ1) is 9.69. The van der Waals surface area contributed by atoms with Crippen molar-refractivity contribution in [2.75, 3.05) is 17.2 Å². The summed E-state index contributed by atoms with van der Waals surface area (Å²) in [5, 5.41) is 6.54. The van der Waals surface area contributed by atoms with Crippen LogP contribution in [0.15, 0.2) is 34.9 Å². The Morgan fingerprint density at radius 3 is 2.85 bits per heavy atom. The van der Waals surface area contributed by atoms with E-state index in [1.165, 1.54) is 6.42 Å². The number of rotatable bonds is 6. The van der Waals surface area contributed by atoms with Crippen molar-refractivity contribution < 1.29 is 0 Å². The van der Waals surface area contributed by atoms with Gasteiger partial charge in [0.25, 0.3) is 0 Å². The van der Waals surface area contributed by atoms with Gasteiger partial charge in [-0.2, -0.15) is 4.98 Å². The van der Waals surface area contributed by atoms with E-state index in [2.05, 4.69) is 56.4 Å². The second-order valence-electron chi connectivity index (χ2n) is 4.63. The minimum Gasteiger partial charge on any atom is -0.370 e. The molecule has 0 aliphatic rings. The molecule has 106 valence electrons. The van der Waals surface area contributed by atoms with Gasteiger partial charge in [0.1, 0.15) is 5.82 Å². The molecule has 0 saturated carbocycles. The molecule has 2 rings (SSSR count). The highest BCUT2D eigenvalue weighted by atomic mass is 79.9. The Balaban J connectivity index is 2.07. The Kier molecular flexibility index (Phi) is 5.35. The van der Waals surface area contributed by atoms with Crippen LogP contribution in [-0.4, -0.2) is 16.5 Å². The highest BCUT2D eigenvalue weighted by molar-refractivity contribution is 9.10. The molecule has 0 unspecified atom stereocenters. The van der Waals surface area contributed by atoms with Gasteiger partial charge in [-0.05, 0) is 43.2 Å². The molecular formula is C15H19BrN4. The summed E-state index contributed by atoms with van der Waals surface area (Å²) in [6, 6.07) is 7.96. The van der Waals surface area contributed by atoms with Crippen LogP contribution in [0.5, 0.6) is 0 Å². The lowest BCUT2D eigenvalue weighted by atomic mass is 10.2. The molecule has 20 heavy (non-hydrogen) atoms. The predicted molar refractivity (Wildman–Crippen MR) is 87.6 cm³/mol. The molecule has 4 nitrogen and oxygen atoms in total. The summed E-state index contributed by atoms with van der Waals surface area (Å²) in [4.78, 5) is 8.71. The number of nitrogens with zero attached hydrogens (tertiary/aromatic N) is 2. The van der Waals surface area contributed by atoms with Gasteiger partial charge in [0.15, 0.2) is 0 Å². The lowest BCUT2D eigenvalue weighted by Crippen LogP contribution is -2.05. The third-order valence-electron chi connectivity index (χ3n) is 2.93. The number of aryl methyl sites for hydroxylation is 1. The van der Waals surface area contributed by atoms with Gasteiger partial charge >= 0.3 is 0 Å². The van der Waals surface area contributed by atoms with Gasteiger partial charge in [-0.3, -0.25) is 0 Å². The zero-order valence-corrected chi connectivity index (χ0v) is 13.4. The lowest BCUT2D eigenvalue weighted by molar-refractivity contribution is 0.830. The van der Waals surface area contributed by atoms with E-state index in [1.807, 2.05) is 18.2 Å². The second-order valence-corrected chi connectivity index (χ2v) is 5.55. The molecule has 0 atom stereocenters. The first-order valence-electron chi connectivity index (χ1n) is 6.79. The third kappa shape index (κ3) is 4.20. The fourth-order valence-corrected chi connectivity index (χ4v) is 2.27. The van der Waals surface area contributed by atoms with Crippen LogP contribution >= 0.6 is 15.9 Å². The van der Waals surface area contributed by atoms with E-state index >= 15 is 0 Å². The molecule has 0 saturated heterocycles. The summed E-state index contributed by atoms with van der Waals surface area (Å²) in [6.07, 6.45) is 4.07. The van der Waals surface area contributed by atoms with Crippen LogP contribution in [0.25, 0.3) is 0 Å². The van der Waals surface area contributed by atoms with Crippen LogP contribution in [0.3, 0.4) is 0 Å². The van der Waals surface area contributed by atoms with Crippen LogP contribution < -0.4 is 10.6 Å². The maximum Gasteiger partial charge on any atom is 0.229 e. The molecule has 0 radical (unpaired) electrons. The monoisotopic (exact) mass is 334 g/mol. The Hall–Kier alpha value is -1.62. The van der Waals surface area contributed by atoms with Gasteiger partial charge in [0, 0.05) is 22.9 Å². The van der Waals surface area contributed by atoms with Crippen LogP contribution in [-0.2, 0) is 0 Å². The molecule has 0 amide bonds. The fraction of sp³-hybridized carbons (Fsp3) is 0.333. The van der Waals surface area contributed by atoms with E-state index in [9.17, 15) is 0 Å². The lowest BCUT2D eigenvalue weighted by Gasteiger charge is -2.10. The van der Waals surface area contributed by atoms with Crippen molar-refractivity contribution in [3.05, 3.63) is 40.5 Å². The van der Waals surface area contributed by atoms with Crippen LogP contribution in [0.2, 0.25) is 0 Å².